The van der Waals surface area contributed by atoms with Crippen molar-refractivity contribution in [1.29, 1.82) is 5.26 Å². The normalized spacial score (nSPS) is 9.85. The SMILES string of the molecule is COC(=O)c1ccc(Sc2ccc(Cl)cc2C#N)cc1. The van der Waals surface area contributed by atoms with Gasteiger partial charge in [-0.2, -0.15) is 5.26 Å². The van der Waals surface area contributed by atoms with E-state index in [0.29, 0.717) is 16.1 Å². The van der Waals surface area contributed by atoms with Crippen LogP contribution in [0.5, 0.6) is 0 Å². The Morgan fingerprint density at radius 3 is 2.55 bits per heavy atom. The number of esters is 1. The van der Waals surface area contributed by atoms with Gasteiger partial charge in [-0.15, -0.1) is 0 Å². The first-order valence-electron chi connectivity index (χ1n) is 5.70. The first-order chi connectivity index (χ1) is 9.63. The third-order valence-corrected chi connectivity index (χ3v) is 3.88. The molecule has 0 bridgehead atoms. The number of hydrogen-bond donors (Lipinski definition) is 0. The van der Waals surface area contributed by atoms with Crippen molar-refractivity contribution in [3.8, 4) is 6.07 Å². The fraction of sp³-hybridized carbons (Fsp3) is 0.0667. The lowest BCUT2D eigenvalue weighted by Gasteiger charge is -2.05. The predicted molar refractivity (Wildman–Crippen MR) is 78.1 cm³/mol. The second kappa shape index (κ2) is 6.47. The van der Waals surface area contributed by atoms with Crippen molar-refractivity contribution in [1.82, 2.24) is 0 Å². The summed E-state index contributed by atoms with van der Waals surface area (Å²) in [5, 5.41) is 9.62. The third kappa shape index (κ3) is 3.32. The topological polar surface area (TPSA) is 50.1 Å². The first-order valence-corrected chi connectivity index (χ1v) is 6.89. The van der Waals surface area contributed by atoms with E-state index in [1.54, 1.807) is 30.3 Å². The summed E-state index contributed by atoms with van der Waals surface area (Å²) >= 11 is 7.30. The molecule has 5 heteroatoms. The summed E-state index contributed by atoms with van der Waals surface area (Å²) in [6.45, 7) is 0. The summed E-state index contributed by atoms with van der Waals surface area (Å²) in [6, 6.07) is 14.3. The second-order valence-corrected chi connectivity index (χ2v) is 5.42. The van der Waals surface area contributed by atoms with Gasteiger partial charge in [0.2, 0.25) is 0 Å². The molecule has 0 unspecified atom stereocenters. The lowest BCUT2D eigenvalue weighted by molar-refractivity contribution is 0.0600. The fourth-order valence-corrected chi connectivity index (χ4v) is 2.63. The van der Waals surface area contributed by atoms with Gasteiger partial charge in [-0.1, -0.05) is 23.4 Å². The zero-order chi connectivity index (χ0) is 14.5. The van der Waals surface area contributed by atoms with Crippen LogP contribution in [0.1, 0.15) is 15.9 Å². The van der Waals surface area contributed by atoms with Crippen LogP contribution < -0.4 is 0 Å². The standard InChI is InChI=1S/C15H10ClNO2S/c1-19-15(18)10-2-5-13(6-3-10)20-14-7-4-12(16)8-11(14)9-17/h2-8H,1H3. The molecule has 3 nitrogen and oxygen atoms in total. The Hall–Kier alpha value is -1.96. The number of benzene rings is 2. The minimum atomic E-state index is -0.370. The lowest BCUT2D eigenvalue weighted by atomic mass is 10.2. The monoisotopic (exact) mass is 303 g/mol. The van der Waals surface area contributed by atoms with Crippen molar-refractivity contribution in [2.45, 2.75) is 9.79 Å². The van der Waals surface area contributed by atoms with E-state index in [4.69, 9.17) is 16.9 Å². The van der Waals surface area contributed by atoms with Gasteiger partial charge in [0, 0.05) is 14.8 Å². The molecule has 0 atom stereocenters. The van der Waals surface area contributed by atoms with Crippen LogP contribution in [0.25, 0.3) is 0 Å². The summed E-state index contributed by atoms with van der Waals surface area (Å²) < 4.78 is 4.64. The summed E-state index contributed by atoms with van der Waals surface area (Å²) in [7, 11) is 1.35. The molecule has 0 aliphatic rings. The lowest BCUT2D eigenvalue weighted by Crippen LogP contribution is -2.00. The van der Waals surface area contributed by atoms with E-state index < -0.39 is 0 Å². The average molecular weight is 304 g/mol. The average Bonchev–Trinajstić information content (AvgIpc) is 2.49. The van der Waals surface area contributed by atoms with E-state index in [9.17, 15) is 4.79 Å². The molecular formula is C15H10ClNO2S. The smallest absolute Gasteiger partial charge is 0.337 e. The van der Waals surface area contributed by atoms with Crippen LogP contribution in [-0.4, -0.2) is 13.1 Å². The number of rotatable bonds is 3. The van der Waals surface area contributed by atoms with Gasteiger partial charge in [0.05, 0.1) is 18.2 Å². The van der Waals surface area contributed by atoms with E-state index in [-0.39, 0.29) is 5.97 Å². The van der Waals surface area contributed by atoms with Gasteiger partial charge in [-0.05, 0) is 42.5 Å². The van der Waals surface area contributed by atoms with E-state index in [1.165, 1.54) is 18.9 Å². The van der Waals surface area contributed by atoms with E-state index in [2.05, 4.69) is 10.8 Å². The Balaban J connectivity index is 2.23. The van der Waals surface area contributed by atoms with Crippen LogP contribution in [0, 0.1) is 11.3 Å². The largest absolute Gasteiger partial charge is 0.465 e. The van der Waals surface area contributed by atoms with E-state index in [0.717, 1.165) is 9.79 Å². The highest BCUT2D eigenvalue weighted by atomic mass is 35.5. The minimum absolute atomic E-state index is 0.370. The Morgan fingerprint density at radius 2 is 1.95 bits per heavy atom. The molecule has 0 spiro atoms. The molecule has 0 aliphatic heterocycles. The van der Waals surface area contributed by atoms with Gasteiger partial charge in [0.15, 0.2) is 0 Å². The highest BCUT2D eigenvalue weighted by molar-refractivity contribution is 7.99. The van der Waals surface area contributed by atoms with Gasteiger partial charge in [-0.25, -0.2) is 4.79 Å². The molecule has 0 heterocycles. The van der Waals surface area contributed by atoms with Crippen LogP contribution in [-0.2, 0) is 4.74 Å². The highest BCUT2D eigenvalue weighted by Crippen LogP contribution is 2.31. The molecule has 2 rings (SSSR count). The number of carbonyl (C=O) groups excluding carboxylic acids is 1. The van der Waals surface area contributed by atoms with Crippen LogP contribution in [0.3, 0.4) is 0 Å². The van der Waals surface area contributed by atoms with Crippen molar-refractivity contribution in [2.75, 3.05) is 7.11 Å². The molecule has 2 aromatic carbocycles. The fourth-order valence-electron chi connectivity index (χ4n) is 1.58. The Labute approximate surface area is 126 Å². The summed E-state index contributed by atoms with van der Waals surface area (Å²) in [5.41, 5.74) is 1.02. The number of carbonyl (C=O) groups is 1. The van der Waals surface area contributed by atoms with Gasteiger partial charge in [0.1, 0.15) is 6.07 Å². The maximum atomic E-state index is 11.3. The van der Waals surface area contributed by atoms with Gasteiger partial charge in [-0.3, -0.25) is 0 Å². The molecule has 0 radical (unpaired) electrons. The molecule has 0 aliphatic carbocycles. The molecule has 2 aromatic rings. The molecular weight excluding hydrogens is 294 g/mol. The van der Waals surface area contributed by atoms with Crippen molar-refractivity contribution in [2.24, 2.45) is 0 Å². The summed E-state index contributed by atoms with van der Waals surface area (Å²) in [5.74, 6) is -0.370. The molecule has 0 aromatic heterocycles. The Bertz CT molecular complexity index is 677. The molecule has 100 valence electrons. The number of ether oxygens (including phenoxy) is 1. The van der Waals surface area contributed by atoms with Crippen molar-refractivity contribution in [3.63, 3.8) is 0 Å². The van der Waals surface area contributed by atoms with Crippen LogP contribution >= 0.6 is 23.4 Å². The molecule has 20 heavy (non-hydrogen) atoms. The van der Waals surface area contributed by atoms with Gasteiger partial charge in [0.25, 0.3) is 0 Å². The number of methoxy groups -OCH3 is 1. The summed E-state index contributed by atoms with van der Waals surface area (Å²) in [4.78, 5) is 13.1. The molecule has 0 saturated heterocycles. The minimum Gasteiger partial charge on any atom is -0.465 e. The van der Waals surface area contributed by atoms with Gasteiger partial charge < -0.3 is 4.74 Å². The summed E-state index contributed by atoms with van der Waals surface area (Å²) in [6.07, 6.45) is 0. The zero-order valence-electron chi connectivity index (χ0n) is 10.6. The maximum absolute atomic E-state index is 11.3. The van der Waals surface area contributed by atoms with Crippen molar-refractivity contribution >= 4 is 29.3 Å². The number of nitriles is 1. The Morgan fingerprint density at radius 1 is 1.25 bits per heavy atom. The Kier molecular flexibility index (Phi) is 4.67. The second-order valence-electron chi connectivity index (χ2n) is 3.87. The first kappa shape index (κ1) is 14.4. The molecule has 0 fully saturated rings. The van der Waals surface area contributed by atoms with Crippen LogP contribution in [0.15, 0.2) is 52.3 Å². The van der Waals surface area contributed by atoms with E-state index in [1.807, 2.05) is 12.1 Å². The predicted octanol–water partition coefficient (Wildman–Crippen LogP) is 4.15. The zero-order valence-corrected chi connectivity index (χ0v) is 12.2. The maximum Gasteiger partial charge on any atom is 0.337 e. The molecule has 0 N–H and O–H groups in total. The molecule has 0 amide bonds. The van der Waals surface area contributed by atoms with Gasteiger partial charge >= 0.3 is 5.97 Å². The van der Waals surface area contributed by atoms with Crippen molar-refractivity contribution in [3.05, 3.63) is 58.6 Å². The molecule has 0 saturated carbocycles. The number of hydrogen-bond acceptors (Lipinski definition) is 4. The number of halogens is 1. The van der Waals surface area contributed by atoms with Crippen LogP contribution in [0.4, 0.5) is 0 Å². The quantitative estimate of drug-likeness (QED) is 0.799. The highest BCUT2D eigenvalue weighted by Gasteiger charge is 2.07. The van der Waals surface area contributed by atoms with Crippen LogP contribution in [0.2, 0.25) is 5.02 Å². The third-order valence-electron chi connectivity index (χ3n) is 2.57. The van der Waals surface area contributed by atoms with Crippen molar-refractivity contribution < 1.29 is 9.53 Å². The van der Waals surface area contributed by atoms with E-state index >= 15 is 0 Å². The number of nitrogens with zero attached hydrogens (tertiary/aromatic N) is 1.